The van der Waals surface area contributed by atoms with Gasteiger partial charge in [-0.25, -0.2) is 0 Å². The number of nitrogens with zero attached hydrogens (tertiary/aromatic N) is 1. The molecular weight excluding hydrogens is 287 g/mol. The number of carbonyl (C=O) groups is 2. The van der Waals surface area contributed by atoms with E-state index in [9.17, 15) is 22.8 Å². The van der Waals surface area contributed by atoms with Gasteiger partial charge >= 0.3 is 18.0 Å². The molecule has 1 rings (SSSR count). The lowest BCUT2D eigenvalue weighted by Crippen LogP contribution is -2.39. The first-order valence-electron chi connectivity index (χ1n) is 6.12. The normalized spacial score (nSPS) is 11.3. The van der Waals surface area contributed by atoms with E-state index in [0.717, 1.165) is 12.1 Å². The maximum absolute atomic E-state index is 12.7. The largest absolute Gasteiger partial charge is 0.418 e. The third-order valence-corrected chi connectivity index (χ3v) is 2.53. The molecule has 5 nitrogen and oxygen atoms in total. The fourth-order valence-electron chi connectivity index (χ4n) is 1.49. The number of hydrogen-bond donors (Lipinski definition) is 2. The lowest BCUT2D eigenvalue weighted by Gasteiger charge is -2.14. The zero-order valence-electron chi connectivity index (χ0n) is 11.6. The maximum Gasteiger partial charge on any atom is 0.418 e. The van der Waals surface area contributed by atoms with Gasteiger partial charge in [-0.1, -0.05) is 12.1 Å². The molecular formula is C13H16F3N3O2. The maximum atomic E-state index is 12.7. The van der Waals surface area contributed by atoms with Gasteiger partial charge in [0.15, 0.2) is 0 Å². The molecule has 0 saturated heterocycles. The lowest BCUT2D eigenvalue weighted by molar-refractivity contribution is -0.138. The van der Waals surface area contributed by atoms with Crippen molar-refractivity contribution < 1.29 is 22.8 Å². The highest BCUT2D eigenvalue weighted by Crippen LogP contribution is 2.34. The van der Waals surface area contributed by atoms with E-state index in [1.807, 2.05) is 5.32 Å². The highest BCUT2D eigenvalue weighted by molar-refractivity contribution is 6.39. The molecule has 0 bridgehead atoms. The van der Waals surface area contributed by atoms with Crippen LogP contribution in [0.25, 0.3) is 0 Å². The van der Waals surface area contributed by atoms with Crippen molar-refractivity contribution in [3.05, 3.63) is 29.8 Å². The van der Waals surface area contributed by atoms with Crippen LogP contribution in [0, 0.1) is 0 Å². The van der Waals surface area contributed by atoms with Crippen LogP contribution in [0.15, 0.2) is 24.3 Å². The quantitative estimate of drug-likeness (QED) is 0.825. The molecule has 2 N–H and O–H groups in total. The first-order valence-corrected chi connectivity index (χ1v) is 6.12. The Labute approximate surface area is 120 Å². The number of rotatable bonds is 4. The predicted molar refractivity (Wildman–Crippen MR) is 71.6 cm³/mol. The van der Waals surface area contributed by atoms with E-state index >= 15 is 0 Å². The topological polar surface area (TPSA) is 61.4 Å². The summed E-state index contributed by atoms with van der Waals surface area (Å²) in [5, 5.41) is 4.29. The molecule has 0 saturated carbocycles. The van der Waals surface area contributed by atoms with E-state index < -0.39 is 29.2 Å². The number of likely N-dealkylation sites (N-methyl/N-ethyl adjacent to an activating group) is 1. The first-order chi connectivity index (χ1) is 9.71. The van der Waals surface area contributed by atoms with Crippen molar-refractivity contribution in [2.24, 2.45) is 0 Å². The Morgan fingerprint density at radius 3 is 2.33 bits per heavy atom. The molecule has 0 aliphatic heterocycles. The van der Waals surface area contributed by atoms with Gasteiger partial charge in [-0.15, -0.1) is 0 Å². The van der Waals surface area contributed by atoms with E-state index in [-0.39, 0.29) is 6.54 Å². The Kier molecular flexibility index (Phi) is 5.71. The second-order valence-electron chi connectivity index (χ2n) is 4.56. The van der Waals surface area contributed by atoms with Crippen LogP contribution in [-0.4, -0.2) is 43.9 Å². The summed E-state index contributed by atoms with van der Waals surface area (Å²) in [7, 11) is 3.57. The fraction of sp³-hybridized carbons (Fsp3) is 0.385. The van der Waals surface area contributed by atoms with Gasteiger partial charge in [0.05, 0.1) is 11.3 Å². The average Bonchev–Trinajstić information content (AvgIpc) is 2.37. The van der Waals surface area contributed by atoms with Crippen LogP contribution >= 0.6 is 0 Å². The van der Waals surface area contributed by atoms with Crippen LogP contribution in [0.5, 0.6) is 0 Å². The summed E-state index contributed by atoms with van der Waals surface area (Å²) in [6, 6.07) is 4.47. The van der Waals surface area contributed by atoms with E-state index in [1.165, 1.54) is 12.1 Å². The van der Waals surface area contributed by atoms with Crippen molar-refractivity contribution in [1.82, 2.24) is 10.2 Å². The molecule has 0 atom stereocenters. The summed E-state index contributed by atoms with van der Waals surface area (Å²) in [5.41, 5.74) is -1.45. The van der Waals surface area contributed by atoms with Crippen molar-refractivity contribution in [3.63, 3.8) is 0 Å². The Hall–Kier alpha value is -2.09. The van der Waals surface area contributed by atoms with Gasteiger partial charge in [-0.3, -0.25) is 9.59 Å². The highest BCUT2D eigenvalue weighted by atomic mass is 19.4. The molecule has 0 unspecified atom stereocenters. The zero-order valence-corrected chi connectivity index (χ0v) is 11.6. The number of carbonyl (C=O) groups excluding carboxylic acids is 2. The Morgan fingerprint density at radius 2 is 1.76 bits per heavy atom. The van der Waals surface area contributed by atoms with Gasteiger partial charge in [0, 0.05) is 13.1 Å². The molecule has 21 heavy (non-hydrogen) atoms. The monoisotopic (exact) mass is 303 g/mol. The molecule has 0 heterocycles. The third kappa shape index (κ3) is 5.42. The van der Waals surface area contributed by atoms with Gasteiger partial charge < -0.3 is 15.5 Å². The summed E-state index contributed by atoms with van der Waals surface area (Å²) in [5.74, 6) is -2.11. The molecule has 0 fully saturated rings. The molecule has 2 amide bonds. The van der Waals surface area contributed by atoms with Gasteiger partial charge in [0.2, 0.25) is 0 Å². The second-order valence-corrected chi connectivity index (χ2v) is 4.56. The van der Waals surface area contributed by atoms with E-state index in [0.29, 0.717) is 6.54 Å². The van der Waals surface area contributed by atoms with E-state index in [1.54, 1.807) is 19.0 Å². The molecule has 0 spiro atoms. The molecule has 1 aromatic carbocycles. The number of hydrogen-bond acceptors (Lipinski definition) is 3. The minimum Gasteiger partial charge on any atom is -0.347 e. The summed E-state index contributed by atoms with van der Waals surface area (Å²) in [4.78, 5) is 24.8. The van der Waals surface area contributed by atoms with Crippen molar-refractivity contribution in [2.45, 2.75) is 6.18 Å². The van der Waals surface area contributed by atoms with Crippen LogP contribution in [0.4, 0.5) is 18.9 Å². The number of amides is 2. The molecule has 8 heteroatoms. The van der Waals surface area contributed by atoms with Gasteiger partial charge in [0.25, 0.3) is 0 Å². The highest BCUT2D eigenvalue weighted by Gasteiger charge is 2.33. The fourth-order valence-corrected chi connectivity index (χ4v) is 1.49. The van der Waals surface area contributed by atoms with Gasteiger partial charge in [-0.2, -0.15) is 13.2 Å². The van der Waals surface area contributed by atoms with Crippen LogP contribution in [0.1, 0.15) is 5.56 Å². The number of benzene rings is 1. The predicted octanol–water partition coefficient (Wildman–Crippen LogP) is 1.32. The number of para-hydroxylation sites is 1. The molecule has 0 aliphatic rings. The number of anilines is 1. The molecule has 0 aliphatic carbocycles. The lowest BCUT2D eigenvalue weighted by atomic mass is 10.1. The van der Waals surface area contributed by atoms with E-state index in [4.69, 9.17) is 0 Å². The number of nitrogens with one attached hydrogen (secondary N) is 2. The molecule has 0 radical (unpaired) electrons. The Bertz CT molecular complexity index is 516. The SMILES string of the molecule is CN(C)CCNC(=O)C(=O)Nc1ccccc1C(F)(F)F. The Balaban J connectivity index is 2.69. The van der Waals surface area contributed by atoms with Crippen molar-refractivity contribution in [1.29, 1.82) is 0 Å². The third-order valence-electron chi connectivity index (χ3n) is 2.53. The number of halogens is 3. The van der Waals surface area contributed by atoms with Crippen LogP contribution in [-0.2, 0) is 15.8 Å². The number of alkyl halides is 3. The van der Waals surface area contributed by atoms with Gasteiger partial charge in [-0.05, 0) is 26.2 Å². The van der Waals surface area contributed by atoms with Crippen molar-refractivity contribution in [2.75, 3.05) is 32.5 Å². The summed E-state index contributed by atoms with van der Waals surface area (Å²) in [6.07, 6.45) is -4.61. The standard InChI is InChI=1S/C13H16F3N3O2/c1-19(2)8-7-17-11(20)12(21)18-10-6-4-3-5-9(10)13(14,15)16/h3-6H,7-8H2,1-2H3,(H,17,20)(H,18,21). The van der Waals surface area contributed by atoms with Crippen LogP contribution in [0.3, 0.4) is 0 Å². The minimum absolute atomic E-state index is 0.222. The summed E-state index contributed by atoms with van der Waals surface area (Å²) < 4.78 is 38.2. The van der Waals surface area contributed by atoms with Crippen molar-refractivity contribution in [3.8, 4) is 0 Å². The molecule has 1 aromatic rings. The second kappa shape index (κ2) is 7.07. The van der Waals surface area contributed by atoms with Crippen LogP contribution in [0.2, 0.25) is 0 Å². The summed E-state index contributed by atoms with van der Waals surface area (Å²) >= 11 is 0. The first kappa shape index (κ1) is 17.0. The van der Waals surface area contributed by atoms with Crippen molar-refractivity contribution >= 4 is 17.5 Å². The smallest absolute Gasteiger partial charge is 0.347 e. The average molecular weight is 303 g/mol. The minimum atomic E-state index is -4.61. The van der Waals surface area contributed by atoms with Gasteiger partial charge in [0.1, 0.15) is 0 Å². The zero-order chi connectivity index (χ0) is 16.0. The molecule has 0 aromatic heterocycles. The molecule has 116 valence electrons. The van der Waals surface area contributed by atoms with Crippen LogP contribution < -0.4 is 10.6 Å². The van der Waals surface area contributed by atoms with E-state index in [2.05, 4.69) is 5.32 Å². The Morgan fingerprint density at radius 1 is 1.14 bits per heavy atom. The summed E-state index contributed by atoms with van der Waals surface area (Å²) in [6.45, 7) is 0.734.